The van der Waals surface area contributed by atoms with Gasteiger partial charge >= 0.3 is 0 Å². The zero-order chi connectivity index (χ0) is 10.1. The highest BCUT2D eigenvalue weighted by molar-refractivity contribution is 5.31. The van der Waals surface area contributed by atoms with Gasteiger partial charge in [0, 0.05) is 12.5 Å². The monoisotopic (exact) mass is 184 g/mol. The van der Waals surface area contributed by atoms with Gasteiger partial charge in [0.25, 0.3) is 5.92 Å². The molecule has 0 spiro atoms. The SMILES string of the molecule is CCc1cc(C)cc(C(C)(F)F)c1. The standard InChI is InChI=1S/C11H14F2/c1-4-9-5-8(2)6-10(7-9)11(3,12)13/h5-7H,4H2,1-3H3. The second-order valence-corrected chi connectivity index (χ2v) is 3.45. The lowest BCUT2D eigenvalue weighted by atomic mass is 10.0. The highest BCUT2D eigenvalue weighted by Crippen LogP contribution is 2.28. The number of hydrogen-bond donors (Lipinski definition) is 0. The van der Waals surface area contributed by atoms with Crippen molar-refractivity contribution < 1.29 is 8.78 Å². The summed E-state index contributed by atoms with van der Waals surface area (Å²) in [5, 5.41) is 0. The Labute approximate surface area is 77.6 Å². The van der Waals surface area contributed by atoms with Crippen LogP contribution >= 0.6 is 0 Å². The van der Waals surface area contributed by atoms with Crippen LogP contribution in [0.1, 0.15) is 30.5 Å². The van der Waals surface area contributed by atoms with Gasteiger partial charge in [0.1, 0.15) is 0 Å². The molecule has 1 aromatic carbocycles. The maximum absolute atomic E-state index is 13.0. The predicted octanol–water partition coefficient (Wildman–Crippen LogP) is 3.67. The first kappa shape index (κ1) is 10.2. The Balaban J connectivity index is 3.16. The van der Waals surface area contributed by atoms with Crippen molar-refractivity contribution in [3.05, 3.63) is 34.9 Å². The number of aryl methyl sites for hydroxylation is 2. The molecule has 72 valence electrons. The third-order valence-corrected chi connectivity index (χ3v) is 2.05. The van der Waals surface area contributed by atoms with Crippen molar-refractivity contribution in [2.24, 2.45) is 0 Å². The minimum absolute atomic E-state index is 0.115. The lowest BCUT2D eigenvalue weighted by molar-refractivity contribution is 0.0173. The highest BCUT2D eigenvalue weighted by atomic mass is 19.3. The Morgan fingerprint density at radius 3 is 2.31 bits per heavy atom. The summed E-state index contributed by atoms with van der Waals surface area (Å²) in [4.78, 5) is 0. The van der Waals surface area contributed by atoms with Crippen LogP contribution in [-0.2, 0) is 12.3 Å². The third kappa shape index (κ3) is 2.51. The van der Waals surface area contributed by atoms with E-state index in [1.807, 2.05) is 19.9 Å². The van der Waals surface area contributed by atoms with E-state index in [1.54, 1.807) is 12.1 Å². The van der Waals surface area contributed by atoms with Gasteiger partial charge in [-0.3, -0.25) is 0 Å². The molecule has 0 saturated heterocycles. The summed E-state index contributed by atoms with van der Waals surface area (Å²) in [7, 11) is 0. The van der Waals surface area contributed by atoms with Crippen LogP contribution in [0, 0.1) is 6.92 Å². The molecular formula is C11H14F2. The summed E-state index contributed by atoms with van der Waals surface area (Å²) in [6.07, 6.45) is 0.796. The van der Waals surface area contributed by atoms with Crippen molar-refractivity contribution in [1.82, 2.24) is 0 Å². The Bertz CT molecular complexity index is 297. The number of benzene rings is 1. The van der Waals surface area contributed by atoms with E-state index < -0.39 is 5.92 Å². The predicted molar refractivity (Wildman–Crippen MR) is 50.1 cm³/mol. The summed E-state index contributed by atoms with van der Waals surface area (Å²) in [6, 6.07) is 5.06. The smallest absolute Gasteiger partial charge is 0.202 e. The molecule has 0 atom stereocenters. The zero-order valence-corrected chi connectivity index (χ0v) is 8.20. The van der Waals surface area contributed by atoms with Crippen molar-refractivity contribution in [3.8, 4) is 0 Å². The van der Waals surface area contributed by atoms with E-state index in [1.165, 1.54) is 0 Å². The summed E-state index contributed by atoms with van der Waals surface area (Å²) in [6.45, 7) is 4.74. The fourth-order valence-corrected chi connectivity index (χ4v) is 1.32. The fraction of sp³-hybridized carbons (Fsp3) is 0.455. The van der Waals surface area contributed by atoms with Crippen LogP contribution in [0.25, 0.3) is 0 Å². The molecule has 0 aliphatic heterocycles. The van der Waals surface area contributed by atoms with Gasteiger partial charge in [-0.05, 0) is 25.0 Å². The summed E-state index contributed by atoms with van der Waals surface area (Å²) in [5.74, 6) is -2.73. The highest BCUT2D eigenvalue weighted by Gasteiger charge is 2.24. The van der Waals surface area contributed by atoms with Gasteiger partial charge in [-0.15, -0.1) is 0 Å². The second kappa shape index (κ2) is 3.44. The number of halogens is 2. The van der Waals surface area contributed by atoms with Gasteiger partial charge < -0.3 is 0 Å². The number of alkyl halides is 2. The molecule has 0 aliphatic rings. The van der Waals surface area contributed by atoms with Crippen molar-refractivity contribution in [1.29, 1.82) is 0 Å². The van der Waals surface area contributed by atoms with Crippen LogP contribution in [-0.4, -0.2) is 0 Å². The third-order valence-electron chi connectivity index (χ3n) is 2.05. The molecule has 0 aliphatic carbocycles. The fourth-order valence-electron chi connectivity index (χ4n) is 1.32. The average molecular weight is 184 g/mol. The van der Waals surface area contributed by atoms with Gasteiger partial charge in [-0.1, -0.05) is 24.6 Å². The molecular weight excluding hydrogens is 170 g/mol. The molecule has 13 heavy (non-hydrogen) atoms. The molecule has 0 bridgehead atoms. The molecule has 0 heterocycles. The normalized spacial score (nSPS) is 11.8. The quantitative estimate of drug-likeness (QED) is 0.657. The van der Waals surface area contributed by atoms with E-state index in [9.17, 15) is 8.78 Å². The molecule has 0 aromatic heterocycles. The molecule has 0 N–H and O–H groups in total. The van der Waals surface area contributed by atoms with E-state index in [2.05, 4.69) is 0 Å². The van der Waals surface area contributed by atoms with Gasteiger partial charge in [-0.2, -0.15) is 0 Å². The van der Waals surface area contributed by atoms with Gasteiger partial charge in [0.15, 0.2) is 0 Å². The Kier molecular flexibility index (Phi) is 2.69. The average Bonchev–Trinajstić information content (AvgIpc) is 2.01. The first-order chi connectivity index (χ1) is 5.93. The second-order valence-electron chi connectivity index (χ2n) is 3.45. The van der Waals surface area contributed by atoms with E-state index in [-0.39, 0.29) is 5.56 Å². The number of hydrogen-bond acceptors (Lipinski definition) is 0. The maximum Gasteiger partial charge on any atom is 0.270 e. The lowest BCUT2D eigenvalue weighted by Crippen LogP contribution is -2.07. The first-order valence-electron chi connectivity index (χ1n) is 4.42. The van der Waals surface area contributed by atoms with Crippen molar-refractivity contribution in [3.63, 3.8) is 0 Å². The van der Waals surface area contributed by atoms with Crippen molar-refractivity contribution in [2.45, 2.75) is 33.1 Å². The molecule has 0 saturated carbocycles. The molecule has 0 nitrogen and oxygen atoms in total. The molecule has 0 radical (unpaired) electrons. The lowest BCUT2D eigenvalue weighted by Gasteiger charge is -2.12. The summed E-state index contributed by atoms with van der Waals surface area (Å²) >= 11 is 0. The van der Waals surface area contributed by atoms with E-state index in [0.717, 1.165) is 24.5 Å². The van der Waals surface area contributed by atoms with Crippen LogP contribution in [0.15, 0.2) is 18.2 Å². The summed E-state index contributed by atoms with van der Waals surface area (Å²) in [5.41, 5.74) is 1.98. The van der Waals surface area contributed by atoms with Crippen LogP contribution in [0.5, 0.6) is 0 Å². The van der Waals surface area contributed by atoms with Crippen molar-refractivity contribution in [2.75, 3.05) is 0 Å². The summed E-state index contributed by atoms with van der Waals surface area (Å²) < 4.78 is 25.9. The van der Waals surface area contributed by atoms with Crippen LogP contribution in [0.2, 0.25) is 0 Å². The van der Waals surface area contributed by atoms with Crippen LogP contribution < -0.4 is 0 Å². The van der Waals surface area contributed by atoms with Gasteiger partial charge in [-0.25, -0.2) is 8.78 Å². The van der Waals surface area contributed by atoms with Gasteiger partial charge in [0.05, 0.1) is 0 Å². The molecule has 1 rings (SSSR count). The first-order valence-corrected chi connectivity index (χ1v) is 4.42. The molecule has 0 unspecified atom stereocenters. The zero-order valence-electron chi connectivity index (χ0n) is 8.20. The maximum atomic E-state index is 13.0. The topological polar surface area (TPSA) is 0 Å². The Morgan fingerprint density at radius 1 is 1.23 bits per heavy atom. The molecule has 0 fully saturated rings. The van der Waals surface area contributed by atoms with E-state index in [0.29, 0.717) is 0 Å². The molecule has 0 amide bonds. The molecule has 2 heteroatoms. The minimum Gasteiger partial charge on any atom is -0.202 e. The van der Waals surface area contributed by atoms with Crippen LogP contribution in [0.3, 0.4) is 0 Å². The Morgan fingerprint density at radius 2 is 1.85 bits per heavy atom. The van der Waals surface area contributed by atoms with E-state index >= 15 is 0 Å². The van der Waals surface area contributed by atoms with Crippen LogP contribution in [0.4, 0.5) is 8.78 Å². The largest absolute Gasteiger partial charge is 0.270 e. The Hall–Kier alpha value is -0.920. The number of rotatable bonds is 2. The molecule has 1 aromatic rings. The van der Waals surface area contributed by atoms with E-state index in [4.69, 9.17) is 0 Å². The van der Waals surface area contributed by atoms with Gasteiger partial charge in [0.2, 0.25) is 0 Å². The van der Waals surface area contributed by atoms with Crippen molar-refractivity contribution >= 4 is 0 Å². The minimum atomic E-state index is -2.73.